The van der Waals surface area contributed by atoms with Crippen molar-refractivity contribution < 1.29 is 9.21 Å². The molecule has 2 nitrogen and oxygen atoms in total. The lowest BCUT2D eigenvalue weighted by molar-refractivity contribution is 0.101. The third-order valence-electron chi connectivity index (χ3n) is 1.65. The Morgan fingerprint density at radius 3 is 2.86 bits per heavy atom. The van der Waals surface area contributed by atoms with Gasteiger partial charge in [-0.15, -0.1) is 11.3 Å². The van der Waals surface area contributed by atoms with Gasteiger partial charge in [0.15, 0.2) is 5.76 Å². The zero-order chi connectivity index (χ0) is 10.1. The smallest absolute Gasteiger partial charge is 0.230 e. The summed E-state index contributed by atoms with van der Waals surface area (Å²) >= 11 is 10.3. The van der Waals surface area contributed by atoms with Crippen molar-refractivity contribution in [3.05, 3.63) is 43.9 Å². The molecule has 0 spiro atoms. The van der Waals surface area contributed by atoms with E-state index in [0.717, 1.165) is 0 Å². The second-order valence-corrected chi connectivity index (χ2v) is 4.96. The van der Waals surface area contributed by atoms with Crippen LogP contribution < -0.4 is 0 Å². The molecule has 0 unspecified atom stereocenters. The van der Waals surface area contributed by atoms with E-state index in [4.69, 9.17) is 16.0 Å². The second kappa shape index (κ2) is 3.88. The van der Waals surface area contributed by atoms with Crippen molar-refractivity contribution in [2.75, 3.05) is 0 Å². The van der Waals surface area contributed by atoms with Crippen molar-refractivity contribution in [2.24, 2.45) is 0 Å². The first-order valence-corrected chi connectivity index (χ1v) is 5.75. The van der Waals surface area contributed by atoms with E-state index in [2.05, 4.69) is 15.9 Å². The maximum absolute atomic E-state index is 11.8. The van der Waals surface area contributed by atoms with E-state index in [-0.39, 0.29) is 5.78 Å². The standard InChI is InChI=1S/C9H4BrClO2S/c10-6-1-2-13-9(6)8(12)5-3-7(11)14-4-5/h1-4H. The number of carbonyl (C=O) groups excluding carboxylic acids is 1. The van der Waals surface area contributed by atoms with Gasteiger partial charge in [0.05, 0.1) is 15.1 Å². The number of furan rings is 1. The van der Waals surface area contributed by atoms with Crippen LogP contribution in [0.25, 0.3) is 0 Å². The average Bonchev–Trinajstić information content (AvgIpc) is 2.73. The summed E-state index contributed by atoms with van der Waals surface area (Å²) in [5.41, 5.74) is 0.552. The minimum absolute atomic E-state index is 0.162. The zero-order valence-corrected chi connectivity index (χ0v) is 9.95. The molecule has 0 aliphatic heterocycles. The van der Waals surface area contributed by atoms with Crippen molar-refractivity contribution >= 4 is 44.7 Å². The normalized spacial score (nSPS) is 10.4. The molecule has 2 aromatic rings. The van der Waals surface area contributed by atoms with Gasteiger partial charge in [-0.2, -0.15) is 0 Å². The summed E-state index contributed by atoms with van der Waals surface area (Å²) in [5, 5.41) is 1.71. The molecule has 0 amide bonds. The molecule has 14 heavy (non-hydrogen) atoms. The molecule has 0 bridgehead atoms. The molecular weight excluding hydrogens is 288 g/mol. The molecule has 0 saturated carbocycles. The summed E-state index contributed by atoms with van der Waals surface area (Å²) in [5.74, 6) is 0.143. The molecule has 2 aromatic heterocycles. The first-order valence-electron chi connectivity index (χ1n) is 3.70. The van der Waals surface area contributed by atoms with E-state index in [0.29, 0.717) is 20.1 Å². The van der Waals surface area contributed by atoms with Crippen molar-refractivity contribution in [3.63, 3.8) is 0 Å². The SMILES string of the molecule is O=C(c1csc(Cl)c1)c1occc1Br. The van der Waals surface area contributed by atoms with Gasteiger partial charge >= 0.3 is 0 Å². The fraction of sp³-hybridized carbons (Fsp3) is 0. The summed E-state index contributed by atoms with van der Waals surface area (Å²) < 4.78 is 6.31. The summed E-state index contributed by atoms with van der Waals surface area (Å²) in [6.07, 6.45) is 1.46. The van der Waals surface area contributed by atoms with Gasteiger partial charge in [0.1, 0.15) is 0 Å². The largest absolute Gasteiger partial charge is 0.460 e. The van der Waals surface area contributed by atoms with Crippen LogP contribution >= 0.6 is 38.9 Å². The summed E-state index contributed by atoms with van der Waals surface area (Å²) in [4.78, 5) is 11.8. The van der Waals surface area contributed by atoms with E-state index in [1.165, 1.54) is 17.6 Å². The predicted octanol–water partition coefficient (Wildman–Crippen LogP) is 3.99. The van der Waals surface area contributed by atoms with Crippen LogP contribution in [0.4, 0.5) is 0 Å². The number of carbonyl (C=O) groups is 1. The van der Waals surface area contributed by atoms with Crippen LogP contribution in [0.2, 0.25) is 4.34 Å². The third-order valence-corrected chi connectivity index (χ3v) is 3.37. The van der Waals surface area contributed by atoms with E-state index in [1.807, 2.05) is 0 Å². The van der Waals surface area contributed by atoms with E-state index in [9.17, 15) is 4.79 Å². The Balaban J connectivity index is 2.38. The maximum atomic E-state index is 11.8. The van der Waals surface area contributed by atoms with E-state index in [1.54, 1.807) is 17.5 Å². The lowest BCUT2D eigenvalue weighted by Gasteiger charge is -1.92. The van der Waals surface area contributed by atoms with Crippen molar-refractivity contribution in [1.29, 1.82) is 0 Å². The summed E-state index contributed by atoms with van der Waals surface area (Å²) in [6.45, 7) is 0. The van der Waals surface area contributed by atoms with Gasteiger partial charge in [0, 0.05) is 10.9 Å². The molecule has 0 saturated heterocycles. The molecule has 0 radical (unpaired) electrons. The van der Waals surface area contributed by atoms with Gasteiger partial charge < -0.3 is 4.42 Å². The highest BCUT2D eigenvalue weighted by Gasteiger charge is 2.16. The Morgan fingerprint density at radius 1 is 1.57 bits per heavy atom. The topological polar surface area (TPSA) is 30.2 Å². The van der Waals surface area contributed by atoms with Crippen LogP contribution in [-0.2, 0) is 0 Å². The van der Waals surface area contributed by atoms with Gasteiger partial charge in [-0.05, 0) is 28.1 Å². The van der Waals surface area contributed by atoms with Crippen LogP contribution in [0.1, 0.15) is 16.1 Å². The van der Waals surface area contributed by atoms with Gasteiger partial charge in [-0.25, -0.2) is 0 Å². The number of rotatable bonds is 2. The molecule has 72 valence electrons. The highest BCUT2D eigenvalue weighted by atomic mass is 79.9. The van der Waals surface area contributed by atoms with Crippen LogP contribution in [0, 0.1) is 0 Å². The number of hydrogen-bond acceptors (Lipinski definition) is 3. The first-order chi connectivity index (χ1) is 6.68. The molecule has 0 N–H and O–H groups in total. The van der Waals surface area contributed by atoms with E-state index >= 15 is 0 Å². The van der Waals surface area contributed by atoms with Crippen LogP contribution in [0.15, 0.2) is 32.7 Å². The molecule has 0 aromatic carbocycles. The van der Waals surface area contributed by atoms with Crippen LogP contribution in [0.5, 0.6) is 0 Å². The van der Waals surface area contributed by atoms with Crippen molar-refractivity contribution in [3.8, 4) is 0 Å². The molecule has 0 atom stereocenters. The Hall–Kier alpha value is -0.580. The quantitative estimate of drug-likeness (QED) is 0.783. The highest BCUT2D eigenvalue weighted by molar-refractivity contribution is 9.10. The summed E-state index contributed by atoms with van der Waals surface area (Å²) in [6, 6.07) is 3.31. The fourth-order valence-electron chi connectivity index (χ4n) is 1.02. The molecule has 0 aliphatic rings. The van der Waals surface area contributed by atoms with E-state index < -0.39 is 0 Å². The molecule has 5 heteroatoms. The Kier molecular flexibility index (Phi) is 2.76. The van der Waals surface area contributed by atoms with Gasteiger partial charge in [-0.1, -0.05) is 11.6 Å². The average molecular weight is 292 g/mol. The lowest BCUT2D eigenvalue weighted by Crippen LogP contribution is -1.97. The monoisotopic (exact) mass is 290 g/mol. The minimum atomic E-state index is -0.162. The minimum Gasteiger partial charge on any atom is -0.460 e. The zero-order valence-electron chi connectivity index (χ0n) is 6.79. The lowest BCUT2D eigenvalue weighted by atomic mass is 10.2. The van der Waals surface area contributed by atoms with Gasteiger partial charge in [0.2, 0.25) is 5.78 Å². The number of ketones is 1. The van der Waals surface area contributed by atoms with Gasteiger partial charge in [-0.3, -0.25) is 4.79 Å². The summed E-state index contributed by atoms with van der Waals surface area (Å²) in [7, 11) is 0. The Bertz CT molecular complexity index is 475. The number of thiophene rings is 1. The predicted molar refractivity (Wildman–Crippen MR) is 59.2 cm³/mol. The Morgan fingerprint density at radius 2 is 2.36 bits per heavy atom. The molecule has 2 heterocycles. The Labute approximate surface area is 97.6 Å². The van der Waals surface area contributed by atoms with Gasteiger partial charge in [0.25, 0.3) is 0 Å². The molecule has 2 rings (SSSR count). The number of hydrogen-bond donors (Lipinski definition) is 0. The molecular formula is C9H4BrClO2S. The van der Waals surface area contributed by atoms with Crippen molar-refractivity contribution in [1.82, 2.24) is 0 Å². The number of halogens is 2. The third kappa shape index (κ3) is 1.78. The highest BCUT2D eigenvalue weighted by Crippen LogP contribution is 2.25. The molecule has 0 fully saturated rings. The van der Waals surface area contributed by atoms with Crippen molar-refractivity contribution in [2.45, 2.75) is 0 Å². The second-order valence-electron chi connectivity index (χ2n) is 2.57. The first kappa shape index (κ1) is 9.96. The van der Waals surface area contributed by atoms with Crippen LogP contribution in [0.3, 0.4) is 0 Å². The van der Waals surface area contributed by atoms with Crippen LogP contribution in [-0.4, -0.2) is 5.78 Å². The fourth-order valence-corrected chi connectivity index (χ4v) is 2.26. The molecule has 0 aliphatic carbocycles. The maximum Gasteiger partial charge on any atom is 0.230 e.